The van der Waals surface area contributed by atoms with Crippen molar-refractivity contribution in [1.82, 2.24) is 4.98 Å². The van der Waals surface area contributed by atoms with Gasteiger partial charge >= 0.3 is 0 Å². The van der Waals surface area contributed by atoms with E-state index in [0.29, 0.717) is 22.7 Å². The Kier molecular flexibility index (Phi) is 5.19. The van der Waals surface area contributed by atoms with E-state index in [-0.39, 0.29) is 11.7 Å². The van der Waals surface area contributed by atoms with Gasteiger partial charge in [-0.15, -0.1) is 0 Å². The van der Waals surface area contributed by atoms with E-state index < -0.39 is 0 Å². The Bertz CT molecular complexity index is 1250. The second kappa shape index (κ2) is 7.95. The molecule has 0 bridgehead atoms. The van der Waals surface area contributed by atoms with E-state index in [1.807, 2.05) is 50.2 Å². The van der Waals surface area contributed by atoms with Crippen molar-refractivity contribution in [2.45, 2.75) is 13.8 Å². The molecule has 0 saturated carbocycles. The number of hydrogen-bond donors (Lipinski definition) is 1. The summed E-state index contributed by atoms with van der Waals surface area (Å²) < 4.78 is 18.5. The average Bonchev–Trinajstić information content (AvgIpc) is 2.74. The van der Waals surface area contributed by atoms with Crippen molar-refractivity contribution in [2.75, 3.05) is 12.4 Å². The predicted octanol–water partition coefficient (Wildman–Crippen LogP) is 5.92. The molecule has 4 aromatic rings. The van der Waals surface area contributed by atoms with E-state index in [2.05, 4.69) is 5.32 Å². The molecular formula is C25H21FN2O2. The third kappa shape index (κ3) is 3.87. The van der Waals surface area contributed by atoms with Gasteiger partial charge in [0, 0.05) is 16.6 Å². The summed E-state index contributed by atoms with van der Waals surface area (Å²) in [4.78, 5) is 18.0. The van der Waals surface area contributed by atoms with Crippen molar-refractivity contribution >= 4 is 22.5 Å². The molecular weight excluding hydrogens is 379 g/mol. The molecule has 1 heterocycles. The lowest BCUT2D eigenvalue weighted by Crippen LogP contribution is -2.13. The van der Waals surface area contributed by atoms with Crippen LogP contribution < -0.4 is 10.1 Å². The highest BCUT2D eigenvalue weighted by Crippen LogP contribution is 2.30. The molecule has 5 heteroatoms. The number of benzene rings is 3. The Hall–Kier alpha value is -3.73. The normalized spacial score (nSPS) is 10.8. The number of amides is 1. The van der Waals surface area contributed by atoms with Crippen LogP contribution in [0.15, 0.2) is 66.7 Å². The Morgan fingerprint density at radius 1 is 1.00 bits per heavy atom. The van der Waals surface area contributed by atoms with Crippen molar-refractivity contribution in [3.63, 3.8) is 0 Å². The van der Waals surface area contributed by atoms with E-state index in [0.717, 1.165) is 27.6 Å². The second-order valence-electron chi connectivity index (χ2n) is 7.23. The fraction of sp³-hybridized carbons (Fsp3) is 0.120. The molecule has 150 valence electrons. The number of pyridine rings is 1. The number of anilines is 1. The summed E-state index contributed by atoms with van der Waals surface area (Å²) in [7, 11) is 1.61. The van der Waals surface area contributed by atoms with Gasteiger partial charge in [-0.3, -0.25) is 4.79 Å². The molecule has 0 unspecified atom stereocenters. The molecule has 0 spiro atoms. The standard InChI is InChI=1S/C25H21FN2O2/c1-15-11-16(2)24-21(12-15)22(25(29)27-19-9-7-18(26)8-10-19)14-23(28-24)17-5-4-6-20(13-17)30-3/h4-14H,1-3H3,(H,27,29). The molecule has 0 fully saturated rings. The number of halogens is 1. The average molecular weight is 400 g/mol. The molecule has 1 amide bonds. The van der Waals surface area contributed by atoms with Crippen molar-refractivity contribution in [3.8, 4) is 17.0 Å². The fourth-order valence-corrected chi connectivity index (χ4v) is 3.53. The maximum Gasteiger partial charge on any atom is 0.256 e. The van der Waals surface area contributed by atoms with Crippen LogP contribution in [-0.4, -0.2) is 18.0 Å². The first-order chi connectivity index (χ1) is 14.4. The number of ether oxygens (including phenoxy) is 1. The third-order valence-electron chi connectivity index (χ3n) is 4.96. The summed E-state index contributed by atoms with van der Waals surface area (Å²) in [6.45, 7) is 3.98. The van der Waals surface area contributed by atoms with Gasteiger partial charge in [-0.05, 0) is 67.9 Å². The lowest BCUT2D eigenvalue weighted by atomic mass is 9.99. The number of hydrogen-bond acceptors (Lipinski definition) is 3. The largest absolute Gasteiger partial charge is 0.497 e. The zero-order chi connectivity index (χ0) is 21.3. The summed E-state index contributed by atoms with van der Waals surface area (Å²) in [5.74, 6) is 0.0874. The van der Waals surface area contributed by atoms with Gasteiger partial charge in [0.05, 0.1) is 23.9 Å². The second-order valence-corrected chi connectivity index (χ2v) is 7.23. The number of nitrogens with one attached hydrogen (secondary N) is 1. The molecule has 0 radical (unpaired) electrons. The Morgan fingerprint density at radius 2 is 1.77 bits per heavy atom. The van der Waals surface area contributed by atoms with Crippen LogP contribution in [0.3, 0.4) is 0 Å². The molecule has 1 N–H and O–H groups in total. The number of aromatic nitrogens is 1. The minimum absolute atomic E-state index is 0.275. The highest BCUT2D eigenvalue weighted by Gasteiger charge is 2.16. The first-order valence-electron chi connectivity index (χ1n) is 9.58. The summed E-state index contributed by atoms with van der Waals surface area (Å²) in [6.07, 6.45) is 0. The molecule has 0 saturated heterocycles. The third-order valence-corrected chi connectivity index (χ3v) is 4.96. The van der Waals surface area contributed by atoms with Crippen LogP contribution in [0, 0.1) is 19.7 Å². The molecule has 4 rings (SSSR count). The predicted molar refractivity (Wildman–Crippen MR) is 118 cm³/mol. The lowest BCUT2D eigenvalue weighted by molar-refractivity contribution is 0.102. The highest BCUT2D eigenvalue weighted by molar-refractivity contribution is 6.13. The van der Waals surface area contributed by atoms with Crippen LogP contribution in [0.5, 0.6) is 5.75 Å². The quantitative estimate of drug-likeness (QED) is 0.463. The van der Waals surface area contributed by atoms with Crippen molar-refractivity contribution in [2.24, 2.45) is 0 Å². The van der Waals surface area contributed by atoms with Crippen LogP contribution >= 0.6 is 0 Å². The molecule has 0 aliphatic heterocycles. The topological polar surface area (TPSA) is 51.2 Å². The van der Waals surface area contributed by atoms with Gasteiger partial charge in [0.1, 0.15) is 11.6 Å². The lowest BCUT2D eigenvalue weighted by Gasteiger charge is -2.13. The van der Waals surface area contributed by atoms with Gasteiger partial charge in [0.2, 0.25) is 0 Å². The van der Waals surface area contributed by atoms with Crippen LogP contribution in [0.2, 0.25) is 0 Å². The molecule has 4 nitrogen and oxygen atoms in total. The van der Waals surface area contributed by atoms with E-state index >= 15 is 0 Å². The number of nitrogens with zero attached hydrogens (tertiary/aromatic N) is 1. The molecule has 3 aromatic carbocycles. The summed E-state index contributed by atoms with van der Waals surface area (Å²) in [5.41, 5.74) is 5.37. The highest BCUT2D eigenvalue weighted by atomic mass is 19.1. The van der Waals surface area contributed by atoms with Crippen LogP contribution in [0.25, 0.3) is 22.2 Å². The smallest absolute Gasteiger partial charge is 0.256 e. The van der Waals surface area contributed by atoms with E-state index in [1.165, 1.54) is 24.3 Å². The van der Waals surface area contributed by atoms with Gasteiger partial charge in [0.15, 0.2) is 0 Å². The number of fused-ring (bicyclic) bond motifs is 1. The summed E-state index contributed by atoms with van der Waals surface area (Å²) >= 11 is 0. The molecule has 0 aliphatic rings. The number of methoxy groups -OCH3 is 1. The van der Waals surface area contributed by atoms with Crippen LogP contribution in [0.1, 0.15) is 21.5 Å². The minimum Gasteiger partial charge on any atom is -0.497 e. The number of aryl methyl sites for hydroxylation is 2. The summed E-state index contributed by atoms with van der Waals surface area (Å²) in [5, 5.41) is 3.64. The molecule has 1 aromatic heterocycles. The van der Waals surface area contributed by atoms with Crippen LogP contribution in [-0.2, 0) is 0 Å². The van der Waals surface area contributed by atoms with Gasteiger partial charge in [-0.2, -0.15) is 0 Å². The van der Waals surface area contributed by atoms with Gasteiger partial charge in [0.25, 0.3) is 5.91 Å². The zero-order valence-electron chi connectivity index (χ0n) is 17.0. The number of carbonyl (C=O) groups is 1. The summed E-state index contributed by atoms with van der Waals surface area (Å²) in [6, 6.07) is 19.1. The fourth-order valence-electron chi connectivity index (χ4n) is 3.53. The van der Waals surface area contributed by atoms with Crippen molar-refractivity contribution in [1.29, 1.82) is 0 Å². The first kappa shape index (κ1) is 19.6. The molecule has 0 aliphatic carbocycles. The monoisotopic (exact) mass is 400 g/mol. The Morgan fingerprint density at radius 3 is 2.50 bits per heavy atom. The Labute approximate surface area is 174 Å². The zero-order valence-corrected chi connectivity index (χ0v) is 17.0. The van der Waals surface area contributed by atoms with E-state index in [1.54, 1.807) is 13.2 Å². The van der Waals surface area contributed by atoms with E-state index in [4.69, 9.17) is 9.72 Å². The van der Waals surface area contributed by atoms with Gasteiger partial charge in [-0.25, -0.2) is 9.37 Å². The number of rotatable bonds is 4. The Balaban J connectivity index is 1.87. The SMILES string of the molecule is COc1cccc(-c2cc(C(=O)Nc3ccc(F)cc3)c3cc(C)cc(C)c3n2)c1. The van der Waals surface area contributed by atoms with Gasteiger partial charge in [-0.1, -0.05) is 23.8 Å². The first-order valence-corrected chi connectivity index (χ1v) is 9.58. The van der Waals surface area contributed by atoms with Crippen molar-refractivity contribution in [3.05, 3.63) is 89.2 Å². The molecule has 0 atom stereocenters. The molecule has 30 heavy (non-hydrogen) atoms. The van der Waals surface area contributed by atoms with Crippen molar-refractivity contribution < 1.29 is 13.9 Å². The van der Waals surface area contributed by atoms with E-state index in [9.17, 15) is 9.18 Å². The van der Waals surface area contributed by atoms with Gasteiger partial charge < -0.3 is 10.1 Å². The maximum absolute atomic E-state index is 13.2. The number of carbonyl (C=O) groups excluding carboxylic acids is 1. The van der Waals surface area contributed by atoms with Crippen LogP contribution in [0.4, 0.5) is 10.1 Å². The minimum atomic E-state index is -0.353. The maximum atomic E-state index is 13.2.